The summed E-state index contributed by atoms with van der Waals surface area (Å²) >= 11 is 13.3. The van der Waals surface area contributed by atoms with Crippen LogP contribution in [0.1, 0.15) is 5.56 Å². The van der Waals surface area contributed by atoms with E-state index in [-0.39, 0.29) is 5.91 Å². The van der Waals surface area contributed by atoms with Gasteiger partial charge in [-0.25, -0.2) is 4.79 Å². The van der Waals surface area contributed by atoms with Crippen LogP contribution in [0, 0.1) is 0 Å². The van der Waals surface area contributed by atoms with Gasteiger partial charge in [-0.3, -0.25) is 4.79 Å². The van der Waals surface area contributed by atoms with E-state index >= 15 is 0 Å². The van der Waals surface area contributed by atoms with Crippen molar-refractivity contribution in [2.45, 2.75) is 6.04 Å². The zero-order valence-electron chi connectivity index (χ0n) is 10.3. The van der Waals surface area contributed by atoms with Crippen LogP contribution in [-0.4, -0.2) is 39.6 Å². The van der Waals surface area contributed by atoms with Crippen LogP contribution in [-0.2, 0) is 9.59 Å². The first-order valence-electron chi connectivity index (χ1n) is 5.74. The van der Waals surface area contributed by atoms with Crippen LogP contribution in [0.2, 0.25) is 10.0 Å². The van der Waals surface area contributed by atoms with E-state index in [1.807, 2.05) is 0 Å². The fourth-order valence-corrected chi connectivity index (χ4v) is 3.30. The van der Waals surface area contributed by atoms with Gasteiger partial charge in [0.05, 0.1) is 15.9 Å². The van der Waals surface area contributed by atoms with Gasteiger partial charge >= 0.3 is 5.97 Å². The van der Waals surface area contributed by atoms with Crippen LogP contribution in [0.5, 0.6) is 0 Å². The number of hydrogen-bond donors (Lipinski definition) is 1. The van der Waals surface area contributed by atoms with Crippen LogP contribution in [0.25, 0.3) is 6.08 Å². The number of amides is 1. The molecule has 1 atom stereocenters. The molecule has 1 aliphatic rings. The Balaban J connectivity index is 2.13. The number of hydrogen-bond acceptors (Lipinski definition) is 3. The summed E-state index contributed by atoms with van der Waals surface area (Å²) in [7, 11) is 0. The van der Waals surface area contributed by atoms with Crippen LogP contribution in [0.4, 0.5) is 0 Å². The van der Waals surface area contributed by atoms with Gasteiger partial charge in [-0.05, 0) is 17.7 Å². The quantitative estimate of drug-likeness (QED) is 0.865. The monoisotopic (exact) mass is 331 g/mol. The molecule has 4 nitrogen and oxygen atoms in total. The Morgan fingerprint density at radius 1 is 1.40 bits per heavy atom. The summed E-state index contributed by atoms with van der Waals surface area (Å²) in [5.74, 6) is -0.549. The van der Waals surface area contributed by atoms with Crippen LogP contribution >= 0.6 is 35.0 Å². The predicted molar refractivity (Wildman–Crippen MR) is 81.1 cm³/mol. The summed E-state index contributed by atoms with van der Waals surface area (Å²) in [5.41, 5.74) is 0.617. The smallest absolute Gasteiger partial charge is 0.327 e. The second-order valence-corrected chi connectivity index (χ2v) is 5.92. The number of carbonyl (C=O) groups is 2. The molecule has 7 heteroatoms. The van der Waals surface area contributed by atoms with Crippen LogP contribution in [0.3, 0.4) is 0 Å². The highest BCUT2D eigenvalue weighted by Gasteiger charge is 2.33. The molecule has 1 amide bonds. The zero-order chi connectivity index (χ0) is 14.7. The van der Waals surface area contributed by atoms with Crippen molar-refractivity contribution >= 4 is 52.9 Å². The number of carboxylic acids is 1. The number of halogens is 2. The third kappa shape index (κ3) is 3.29. The molecule has 1 saturated heterocycles. The third-order valence-corrected chi connectivity index (χ3v) is 4.68. The molecule has 0 radical (unpaired) electrons. The summed E-state index contributed by atoms with van der Waals surface area (Å²) in [6.07, 6.45) is 2.86. The molecule has 1 aromatic rings. The van der Waals surface area contributed by atoms with E-state index in [0.29, 0.717) is 27.2 Å². The van der Waals surface area contributed by atoms with Crippen molar-refractivity contribution in [3.05, 3.63) is 39.9 Å². The molecule has 1 fully saturated rings. The Hall–Kier alpha value is -1.17. The van der Waals surface area contributed by atoms with Gasteiger partial charge in [0.25, 0.3) is 0 Å². The van der Waals surface area contributed by atoms with Gasteiger partial charge in [-0.1, -0.05) is 35.3 Å². The Bertz CT molecular complexity index is 577. The van der Waals surface area contributed by atoms with Crippen molar-refractivity contribution in [2.75, 3.05) is 11.6 Å². The average molecular weight is 332 g/mol. The molecular weight excluding hydrogens is 321 g/mol. The Labute approximate surface area is 130 Å². The first-order valence-corrected chi connectivity index (χ1v) is 7.65. The molecule has 1 N–H and O–H groups in total. The fourth-order valence-electron chi connectivity index (χ4n) is 1.77. The van der Waals surface area contributed by atoms with Gasteiger partial charge in [0, 0.05) is 11.8 Å². The fraction of sp³-hybridized carbons (Fsp3) is 0.231. The maximum absolute atomic E-state index is 12.0. The largest absolute Gasteiger partial charge is 0.480 e. The third-order valence-electron chi connectivity index (χ3n) is 2.84. The standard InChI is InChI=1S/C13H11Cl2NO3S/c14-9-3-1-2-8(12(9)15)4-5-11(17)16-7-20-6-10(16)13(18)19/h1-5,10H,6-7H2,(H,18,19)/b5-4+/t10-/m0/s1. The average Bonchev–Trinajstić information content (AvgIpc) is 2.89. The highest BCUT2D eigenvalue weighted by molar-refractivity contribution is 7.99. The molecule has 1 aromatic carbocycles. The van der Waals surface area contributed by atoms with Gasteiger partial charge in [0.2, 0.25) is 5.91 Å². The van der Waals surface area contributed by atoms with E-state index in [4.69, 9.17) is 28.3 Å². The van der Waals surface area contributed by atoms with Crippen molar-refractivity contribution in [3.8, 4) is 0 Å². The van der Waals surface area contributed by atoms with Crippen molar-refractivity contribution in [2.24, 2.45) is 0 Å². The first-order chi connectivity index (χ1) is 9.50. The van der Waals surface area contributed by atoms with Crippen LogP contribution < -0.4 is 0 Å². The molecule has 1 heterocycles. The highest BCUT2D eigenvalue weighted by Crippen LogP contribution is 2.27. The number of benzene rings is 1. The molecule has 0 spiro atoms. The maximum atomic E-state index is 12.0. The minimum atomic E-state index is -0.988. The SMILES string of the molecule is O=C(O)[C@@H]1CSCN1C(=O)/C=C/c1cccc(Cl)c1Cl. The van der Waals surface area contributed by atoms with Gasteiger partial charge in [-0.2, -0.15) is 0 Å². The molecule has 0 saturated carbocycles. The normalized spacial score (nSPS) is 18.7. The minimum Gasteiger partial charge on any atom is -0.480 e. The van der Waals surface area contributed by atoms with E-state index in [0.717, 1.165) is 0 Å². The van der Waals surface area contributed by atoms with Crippen molar-refractivity contribution in [3.63, 3.8) is 0 Å². The molecule has 0 aromatic heterocycles. The van der Waals surface area contributed by atoms with E-state index < -0.39 is 12.0 Å². The highest BCUT2D eigenvalue weighted by atomic mass is 35.5. The topological polar surface area (TPSA) is 57.6 Å². The molecule has 1 aliphatic heterocycles. The summed E-state index contributed by atoms with van der Waals surface area (Å²) in [5, 5.41) is 9.80. The van der Waals surface area contributed by atoms with Gasteiger partial charge < -0.3 is 10.0 Å². The van der Waals surface area contributed by atoms with Crippen molar-refractivity contribution in [1.82, 2.24) is 4.90 Å². The first kappa shape index (κ1) is 15.2. The lowest BCUT2D eigenvalue weighted by Crippen LogP contribution is -2.40. The Morgan fingerprint density at radius 3 is 2.85 bits per heavy atom. The lowest BCUT2D eigenvalue weighted by molar-refractivity contribution is -0.146. The van der Waals surface area contributed by atoms with Crippen molar-refractivity contribution in [1.29, 1.82) is 0 Å². The van der Waals surface area contributed by atoms with E-state index in [9.17, 15) is 9.59 Å². The number of carbonyl (C=O) groups excluding carboxylic acids is 1. The second kappa shape index (κ2) is 6.52. The van der Waals surface area contributed by atoms with E-state index in [1.165, 1.54) is 22.7 Å². The molecule has 0 unspecified atom stereocenters. The minimum absolute atomic E-state index is 0.349. The second-order valence-electron chi connectivity index (χ2n) is 4.14. The molecule has 106 valence electrons. The molecular formula is C13H11Cl2NO3S. The number of thioether (sulfide) groups is 1. The van der Waals surface area contributed by atoms with E-state index in [2.05, 4.69) is 0 Å². The van der Waals surface area contributed by atoms with Gasteiger partial charge in [0.1, 0.15) is 6.04 Å². The van der Waals surface area contributed by atoms with Gasteiger partial charge in [-0.15, -0.1) is 11.8 Å². The molecule has 20 heavy (non-hydrogen) atoms. The summed E-state index contributed by atoms with van der Waals surface area (Å²) < 4.78 is 0. The maximum Gasteiger partial charge on any atom is 0.327 e. The summed E-state index contributed by atoms with van der Waals surface area (Å²) in [6, 6.07) is 4.34. The Morgan fingerprint density at radius 2 is 2.15 bits per heavy atom. The summed E-state index contributed by atoms with van der Waals surface area (Å²) in [4.78, 5) is 24.4. The number of carboxylic acid groups (broad SMARTS) is 1. The zero-order valence-corrected chi connectivity index (χ0v) is 12.6. The summed E-state index contributed by atoms with van der Waals surface area (Å²) in [6.45, 7) is 0. The molecule has 2 rings (SSSR count). The lowest BCUT2D eigenvalue weighted by Gasteiger charge is -2.18. The number of rotatable bonds is 3. The molecule has 0 aliphatic carbocycles. The van der Waals surface area contributed by atoms with Gasteiger partial charge in [0.15, 0.2) is 0 Å². The van der Waals surface area contributed by atoms with Crippen LogP contribution in [0.15, 0.2) is 24.3 Å². The Kier molecular flexibility index (Phi) is 4.96. The molecule has 0 bridgehead atoms. The number of nitrogens with zero attached hydrogens (tertiary/aromatic N) is 1. The van der Waals surface area contributed by atoms with Crippen molar-refractivity contribution < 1.29 is 14.7 Å². The number of aliphatic carboxylic acids is 1. The van der Waals surface area contributed by atoms with E-state index in [1.54, 1.807) is 24.3 Å². The predicted octanol–water partition coefficient (Wildman–Crippen LogP) is 2.99. The lowest BCUT2D eigenvalue weighted by atomic mass is 10.2.